The molecule has 1 fully saturated rings. The molecule has 0 spiro atoms. The maximum Gasteiger partial charge on any atom is 0.177 e. The first-order valence-corrected chi connectivity index (χ1v) is 6.29. The van der Waals surface area contributed by atoms with Crippen molar-refractivity contribution in [3.8, 4) is 0 Å². The van der Waals surface area contributed by atoms with Gasteiger partial charge >= 0.3 is 0 Å². The van der Waals surface area contributed by atoms with Gasteiger partial charge in [-0.05, 0) is 48.8 Å². The van der Waals surface area contributed by atoms with Crippen LogP contribution in [-0.4, -0.2) is 38.3 Å². The van der Waals surface area contributed by atoms with Crippen LogP contribution in [0.5, 0.6) is 0 Å². The second-order valence-electron chi connectivity index (χ2n) is 4.56. The summed E-state index contributed by atoms with van der Waals surface area (Å²) < 4.78 is 0. The van der Waals surface area contributed by atoms with E-state index in [4.69, 9.17) is 0 Å². The molecule has 0 atom stereocenters. The summed E-state index contributed by atoms with van der Waals surface area (Å²) in [6, 6.07) is 3.93. The highest BCUT2D eigenvalue weighted by Crippen LogP contribution is 2.20. The molecule has 0 radical (unpaired) electrons. The van der Waals surface area contributed by atoms with E-state index in [1.807, 2.05) is 12.1 Å². The fourth-order valence-corrected chi connectivity index (χ4v) is 2.22. The monoisotopic (exact) mass is 244 g/mol. The van der Waals surface area contributed by atoms with E-state index in [0.717, 1.165) is 37.3 Å². The molecular weight excluding hydrogens is 228 g/mol. The molecule has 1 aliphatic rings. The zero-order valence-corrected chi connectivity index (χ0v) is 10.2. The molecule has 3 heterocycles. The smallest absolute Gasteiger partial charge is 0.177 e. The number of nitrogens with zero attached hydrogens (tertiary/aromatic N) is 5. The number of hydrogen-bond donors (Lipinski definition) is 1. The van der Waals surface area contributed by atoms with Crippen LogP contribution in [0.4, 0.5) is 0 Å². The summed E-state index contributed by atoms with van der Waals surface area (Å²) in [5.41, 5.74) is 1.14. The van der Waals surface area contributed by atoms with Gasteiger partial charge in [0.1, 0.15) is 0 Å². The lowest BCUT2D eigenvalue weighted by molar-refractivity contribution is 0.442. The minimum atomic E-state index is 0.456. The molecular formula is C12H16N6. The standard InChI is InChI=1S/C12H16N6/c1-5-13-6-2-10(1)9-18-16-12(15-17-18)11-3-7-14-8-4-11/h1-2,5-6,11,14H,3-4,7-9H2. The second kappa shape index (κ2) is 5.22. The Morgan fingerprint density at radius 1 is 1.22 bits per heavy atom. The minimum Gasteiger partial charge on any atom is -0.317 e. The fourth-order valence-electron chi connectivity index (χ4n) is 2.22. The number of pyridine rings is 1. The summed E-state index contributed by atoms with van der Waals surface area (Å²) in [4.78, 5) is 5.65. The van der Waals surface area contributed by atoms with Gasteiger partial charge in [0.05, 0.1) is 6.54 Å². The number of rotatable bonds is 3. The maximum absolute atomic E-state index is 4.48. The SMILES string of the molecule is c1cc(Cn2nnc(C3CCNCC3)n2)ccn1. The third-order valence-electron chi connectivity index (χ3n) is 3.25. The van der Waals surface area contributed by atoms with Gasteiger partial charge < -0.3 is 5.32 Å². The van der Waals surface area contributed by atoms with Crippen molar-refractivity contribution >= 4 is 0 Å². The van der Waals surface area contributed by atoms with Crippen LogP contribution in [0.1, 0.15) is 30.1 Å². The molecule has 0 aromatic carbocycles. The third-order valence-corrected chi connectivity index (χ3v) is 3.25. The van der Waals surface area contributed by atoms with Gasteiger partial charge in [-0.3, -0.25) is 4.98 Å². The first kappa shape index (κ1) is 11.3. The van der Waals surface area contributed by atoms with E-state index in [9.17, 15) is 0 Å². The quantitative estimate of drug-likeness (QED) is 0.855. The highest BCUT2D eigenvalue weighted by molar-refractivity contribution is 5.09. The Morgan fingerprint density at radius 3 is 2.78 bits per heavy atom. The summed E-state index contributed by atoms with van der Waals surface area (Å²) in [6.45, 7) is 2.74. The lowest BCUT2D eigenvalue weighted by Gasteiger charge is -2.19. The fraction of sp³-hybridized carbons (Fsp3) is 0.500. The Morgan fingerprint density at radius 2 is 2.00 bits per heavy atom. The van der Waals surface area contributed by atoms with Crippen molar-refractivity contribution in [2.45, 2.75) is 25.3 Å². The predicted octanol–water partition coefficient (Wildman–Crippen LogP) is 0.583. The molecule has 0 aliphatic carbocycles. The van der Waals surface area contributed by atoms with Gasteiger partial charge in [0.25, 0.3) is 0 Å². The largest absolute Gasteiger partial charge is 0.317 e. The van der Waals surface area contributed by atoms with Crippen LogP contribution in [0.3, 0.4) is 0 Å². The van der Waals surface area contributed by atoms with Crippen molar-refractivity contribution in [3.63, 3.8) is 0 Å². The number of piperidine rings is 1. The normalized spacial score (nSPS) is 16.9. The van der Waals surface area contributed by atoms with Gasteiger partial charge in [-0.25, -0.2) is 0 Å². The van der Waals surface area contributed by atoms with Crippen molar-refractivity contribution in [1.29, 1.82) is 0 Å². The summed E-state index contributed by atoms with van der Waals surface area (Å²) in [5, 5.41) is 16.1. The molecule has 2 aromatic heterocycles. The van der Waals surface area contributed by atoms with Gasteiger partial charge in [0, 0.05) is 18.3 Å². The van der Waals surface area contributed by atoms with Crippen LogP contribution >= 0.6 is 0 Å². The molecule has 94 valence electrons. The highest BCUT2D eigenvalue weighted by Gasteiger charge is 2.19. The molecule has 0 amide bonds. The van der Waals surface area contributed by atoms with E-state index in [1.54, 1.807) is 17.2 Å². The summed E-state index contributed by atoms with van der Waals surface area (Å²) in [7, 11) is 0. The van der Waals surface area contributed by atoms with E-state index in [-0.39, 0.29) is 0 Å². The van der Waals surface area contributed by atoms with Crippen molar-refractivity contribution in [2.75, 3.05) is 13.1 Å². The Bertz CT molecular complexity index is 488. The molecule has 0 unspecified atom stereocenters. The average molecular weight is 244 g/mol. The number of nitrogens with one attached hydrogen (secondary N) is 1. The first-order chi connectivity index (χ1) is 8.92. The molecule has 1 aliphatic heterocycles. The Balaban J connectivity index is 1.69. The number of hydrogen-bond acceptors (Lipinski definition) is 5. The minimum absolute atomic E-state index is 0.456. The van der Waals surface area contributed by atoms with E-state index in [2.05, 4.69) is 25.7 Å². The summed E-state index contributed by atoms with van der Waals surface area (Å²) in [5.74, 6) is 1.34. The Kier molecular flexibility index (Phi) is 3.27. The molecule has 18 heavy (non-hydrogen) atoms. The molecule has 2 aromatic rings. The first-order valence-electron chi connectivity index (χ1n) is 6.29. The maximum atomic E-state index is 4.48. The van der Waals surface area contributed by atoms with Crippen molar-refractivity contribution in [3.05, 3.63) is 35.9 Å². The van der Waals surface area contributed by atoms with Crippen LogP contribution in [0.15, 0.2) is 24.5 Å². The van der Waals surface area contributed by atoms with Crippen LogP contribution < -0.4 is 5.32 Å². The van der Waals surface area contributed by atoms with E-state index in [0.29, 0.717) is 12.5 Å². The zero-order chi connectivity index (χ0) is 12.2. The topological polar surface area (TPSA) is 68.5 Å². The molecule has 6 heteroatoms. The molecule has 1 saturated heterocycles. The lowest BCUT2D eigenvalue weighted by atomic mass is 9.98. The van der Waals surface area contributed by atoms with E-state index in [1.165, 1.54) is 0 Å². The van der Waals surface area contributed by atoms with Gasteiger partial charge in [0.15, 0.2) is 5.82 Å². The summed E-state index contributed by atoms with van der Waals surface area (Å²) in [6.07, 6.45) is 5.75. The van der Waals surface area contributed by atoms with E-state index < -0.39 is 0 Å². The van der Waals surface area contributed by atoms with Crippen LogP contribution in [0.25, 0.3) is 0 Å². The molecule has 6 nitrogen and oxygen atoms in total. The van der Waals surface area contributed by atoms with Crippen LogP contribution in [-0.2, 0) is 6.54 Å². The molecule has 0 saturated carbocycles. The van der Waals surface area contributed by atoms with Crippen LogP contribution in [0.2, 0.25) is 0 Å². The van der Waals surface area contributed by atoms with Gasteiger partial charge in [-0.15, -0.1) is 10.2 Å². The average Bonchev–Trinajstić information content (AvgIpc) is 2.89. The predicted molar refractivity (Wildman–Crippen MR) is 66.0 cm³/mol. The van der Waals surface area contributed by atoms with Gasteiger partial charge in [0.2, 0.25) is 0 Å². The van der Waals surface area contributed by atoms with Crippen molar-refractivity contribution in [2.24, 2.45) is 0 Å². The van der Waals surface area contributed by atoms with Gasteiger partial charge in [-0.2, -0.15) is 4.80 Å². The second-order valence-corrected chi connectivity index (χ2v) is 4.56. The number of tetrazole rings is 1. The molecule has 3 rings (SSSR count). The highest BCUT2D eigenvalue weighted by atomic mass is 15.6. The lowest BCUT2D eigenvalue weighted by Crippen LogP contribution is -2.27. The third kappa shape index (κ3) is 2.53. The Hall–Kier alpha value is -1.82. The zero-order valence-electron chi connectivity index (χ0n) is 10.2. The van der Waals surface area contributed by atoms with Crippen LogP contribution in [0, 0.1) is 0 Å². The Labute approximate surface area is 105 Å². The van der Waals surface area contributed by atoms with Gasteiger partial charge in [-0.1, -0.05) is 0 Å². The van der Waals surface area contributed by atoms with E-state index >= 15 is 0 Å². The molecule has 0 bridgehead atoms. The van der Waals surface area contributed by atoms with Crippen molar-refractivity contribution < 1.29 is 0 Å². The summed E-state index contributed by atoms with van der Waals surface area (Å²) >= 11 is 0. The number of aromatic nitrogens is 5. The molecule has 1 N–H and O–H groups in total. The van der Waals surface area contributed by atoms with Crippen molar-refractivity contribution in [1.82, 2.24) is 30.5 Å².